The van der Waals surface area contributed by atoms with Crippen LogP contribution in [-0.4, -0.2) is 5.11 Å². The molecular formula is C12H13BrF2O. The van der Waals surface area contributed by atoms with Crippen molar-refractivity contribution in [1.82, 2.24) is 0 Å². The summed E-state index contributed by atoms with van der Waals surface area (Å²) in [6.45, 7) is 0. The van der Waals surface area contributed by atoms with Crippen molar-refractivity contribution >= 4 is 15.9 Å². The van der Waals surface area contributed by atoms with E-state index >= 15 is 0 Å². The van der Waals surface area contributed by atoms with Crippen LogP contribution in [0.25, 0.3) is 0 Å². The van der Waals surface area contributed by atoms with Crippen molar-refractivity contribution in [3.8, 4) is 0 Å². The highest BCUT2D eigenvalue weighted by atomic mass is 79.9. The molecule has 1 unspecified atom stereocenters. The predicted octanol–water partition coefficient (Wildman–Crippen LogP) is 3.95. The number of hydrogen-bond donors (Lipinski definition) is 1. The molecule has 0 bridgehead atoms. The fourth-order valence-corrected chi connectivity index (χ4v) is 2.56. The Balaban J connectivity index is 2.15. The molecule has 0 aromatic heterocycles. The van der Waals surface area contributed by atoms with Gasteiger partial charge in [-0.05, 0) is 39.9 Å². The molecule has 1 nitrogen and oxygen atoms in total. The average molecular weight is 291 g/mol. The molecule has 0 amide bonds. The number of aliphatic hydroxyl groups is 1. The molecule has 0 radical (unpaired) electrons. The summed E-state index contributed by atoms with van der Waals surface area (Å²) in [6.07, 6.45) is 3.37. The van der Waals surface area contributed by atoms with Crippen LogP contribution in [0.1, 0.15) is 37.4 Å². The molecule has 1 saturated carbocycles. The summed E-state index contributed by atoms with van der Waals surface area (Å²) in [4.78, 5) is 0. The van der Waals surface area contributed by atoms with E-state index < -0.39 is 17.7 Å². The third-order valence-electron chi connectivity index (χ3n) is 3.21. The van der Waals surface area contributed by atoms with Gasteiger partial charge in [-0.1, -0.05) is 25.3 Å². The van der Waals surface area contributed by atoms with Gasteiger partial charge in [0, 0.05) is 0 Å². The predicted molar refractivity (Wildman–Crippen MR) is 61.0 cm³/mol. The van der Waals surface area contributed by atoms with E-state index in [0.29, 0.717) is 17.9 Å². The summed E-state index contributed by atoms with van der Waals surface area (Å²) in [7, 11) is 0. The van der Waals surface area contributed by atoms with Gasteiger partial charge in [0.15, 0.2) is 11.6 Å². The maximum absolute atomic E-state index is 13.3. The molecule has 0 heterocycles. The maximum Gasteiger partial charge on any atom is 0.173 e. The van der Waals surface area contributed by atoms with Crippen molar-refractivity contribution in [2.45, 2.75) is 31.8 Å². The highest BCUT2D eigenvalue weighted by Gasteiger charge is 2.24. The molecule has 1 atom stereocenters. The van der Waals surface area contributed by atoms with Gasteiger partial charge < -0.3 is 5.11 Å². The summed E-state index contributed by atoms with van der Waals surface area (Å²) >= 11 is 2.99. The number of rotatable bonds is 3. The van der Waals surface area contributed by atoms with Crippen LogP contribution >= 0.6 is 15.9 Å². The first-order valence-corrected chi connectivity index (χ1v) is 6.20. The van der Waals surface area contributed by atoms with Gasteiger partial charge in [0.25, 0.3) is 0 Å². The Labute approximate surface area is 102 Å². The molecule has 0 spiro atoms. The summed E-state index contributed by atoms with van der Waals surface area (Å²) in [5.41, 5.74) is 0.436. The van der Waals surface area contributed by atoms with E-state index in [1.807, 2.05) is 0 Å². The maximum atomic E-state index is 13.3. The van der Waals surface area contributed by atoms with Gasteiger partial charge in [0.2, 0.25) is 0 Å². The Kier molecular flexibility index (Phi) is 3.60. The van der Waals surface area contributed by atoms with Gasteiger partial charge in [-0.25, -0.2) is 8.78 Å². The van der Waals surface area contributed by atoms with Gasteiger partial charge in [-0.3, -0.25) is 0 Å². The second kappa shape index (κ2) is 4.80. The molecule has 1 aliphatic rings. The molecule has 1 fully saturated rings. The molecule has 2 rings (SSSR count). The van der Waals surface area contributed by atoms with Crippen LogP contribution in [0.2, 0.25) is 0 Å². The minimum atomic E-state index is -0.926. The Morgan fingerprint density at radius 2 is 2.06 bits per heavy atom. The van der Waals surface area contributed by atoms with Crippen LogP contribution in [0.5, 0.6) is 0 Å². The fourth-order valence-electron chi connectivity index (χ4n) is 1.97. The van der Waals surface area contributed by atoms with E-state index in [-0.39, 0.29) is 4.47 Å². The van der Waals surface area contributed by atoms with Gasteiger partial charge in [-0.15, -0.1) is 0 Å². The molecule has 1 N–H and O–H groups in total. The quantitative estimate of drug-likeness (QED) is 0.836. The Morgan fingerprint density at radius 1 is 1.38 bits per heavy atom. The monoisotopic (exact) mass is 290 g/mol. The summed E-state index contributed by atoms with van der Waals surface area (Å²) in [5.74, 6) is -1.30. The SMILES string of the molecule is OC(CC1CCC1)c1ccc(F)c(F)c1Br. The normalized spacial score (nSPS) is 18.2. The zero-order valence-electron chi connectivity index (χ0n) is 8.72. The standard InChI is InChI=1S/C12H13BrF2O/c13-11-8(4-5-9(14)12(11)15)10(16)6-7-2-1-3-7/h4-5,7,10,16H,1-3,6H2. The summed E-state index contributed by atoms with van der Waals surface area (Å²) in [6, 6.07) is 2.49. The molecule has 1 aromatic rings. The van der Waals surface area contributed by atoms with E-state index in [9.17, 15) is 13.9 Å². The molecule has 16 heavy (non-hydrogen) atoms. The smallest absolute Gasteiger partial charge is 0.173 e. The Hall–Kier alpha value is -0.480. The number of aliphatic hydroxyl groups excluding tert-OH is 1. The van der Waals surface area contributed by atoms with E-state index in [0.717, 1.165) is 18.9 Å². The minimum Gasteiger partial charge on any atom is -0.388 e. The summed E-state index contributed by atoms with van der Waals surface area (Å²) < 4.78 is 26.2. The van der Waals surface area contributed by atoms with E-state index in [1.165, 1.54) is 12.5 Å². The lowest BCUT2D eigenvalue weighted by molar-refractivity contribution is 0.117. The first kappa shape index (κ1) is 12.0. The van der Waals surface area contributed by atoms with Crippen molar-refractivity contribution in [2.24, 2.45) is 5.92 Å². The molecule has 1 aliphatic carbocycles. The average Bonchev–Trinajstić information content (AvgIpc) is 2.20. The van der Waals surface area contributed by atoms with Gasteiger partial charge in [0.1, 0.15) is 0 Å². The highest BCUT2D eigenvalue weighted by molar-refractivity contribution is 9.10. The lowest BCUT2D eigenvalue weighted by atomic mass is 9.80. The molecule has 1 aromatic carbocycles. The van der Waals surface area contributed by atoms with Crippen molar-refractivity contribution in [3.63, 3.8) is 0 Å². The second-order valence-electron chi connectivity index (χ2n) is 4.31. The van der Waals surface area contributed by atoms with Gasteiger partial charge in [-0.2, -0.15) is 0 Å². The molecule has 0 aliphatic heterocycles. The van der Waals surface area contributed by atoms with Crippen LogP contribution in [0.15, 0.2) is 16.6 Å². The fraction of sp³-hybridized carbons (Fsp3) is 0.500. The first-order chi connectivity index (χ1) is 7.59. The number of benzene rings is 1. The van der Waals surface area contributed by atoms with Crippen LogP contribution in [-0.2, 0) is 0 Å². The zero-order valence-corrected chi connectivity index (χ0v) is 10.3. The molecule has 88 valence electrons. The lowest BCUT2D eigenvalue weighted by Gasteiger charge is -2.28. The Morgan fingerprint density at radius 3 is 2.62 bits per heavy atom. The van der Waals surface area contributed by atoms with Crippen LogP contribution < -0.4 is 0 Å². The largest absolute Gasteiger partial charge is 0.388 e. The van der Waals surface area contributed by atoms with Crippen LogP contribution in [0.4, 0.5) is 8.78 Å². The van der Waals surface area contributed by atoms with Crippen molar-refractivity contribution < 1.29 is 13.9 Å². The first-order valence-electron chi connectivity index (χ1n) is 5.41. The van der Waals surface area contributed by atoms with Crippen molar-refractivity contribution in [1.29, 1.82) is 0 Å². The third kappa shape index (κ3) is 2.28. The summed E-state index contributed by atoms with van der Waals surface area (Å²) in [5, 5.41) is 9.93. The zero-order chi connectivity index (χ0) is 11.7. The van der Waals surface area contributed by atoms with Gasteiger partial charge in [0.05, 0.1) is 10.6 Å². The van der Waals surface area contributed by atoms with E-state index in [2.05, 4.69) is 15.9 Å². The molecular weight excluding hydrogens is 278 g/mol. The highest BCUT2D eigenvalue weighted by Crippen LogP contribution is 2.37. The Bertz CT molecular complexity index is 391. The minimum absolute atomic E-state index is 0.0410. The number of halogens is 3. The van der Waals surface area contributed by atoms with Crippen molar-refractivity contribution in [2.75, 3.05) is 0 Å². The van der Waals surface area contributed by atoms with Crippen LogP contribution in [0.3, 0.4) is 0 Å². The van der Waals surface area contributed by atoms with E-state index in [4.69, 9.17) is 0 Å². The lowest BCUT2D eigenvalue weighted by Crippen LogP contribution is -2.15. The third-order valence-corrected chi connectivity index (χ3v) is 4.01. The topological polar surface area (TPSA) is 20.2 Å². The van der Waals surface area contributed by atoms with E-state index in [1.54, 1.807) is 0 Å². The second-order valence-corrected chi connectivity index (χ2v) is 5.11. The number of hydrogen-bond acceptors (Lipinski definition) is 1. The molecule has 4 heteroatoms. The van der Waals surface area contributed by atoms with Gasteiger partial charge >= 0.3 is 0 Å². The molecule has 0 saturated heterocycles. The van der Waals surface area contributed by atoms with Crippen molar-refractivity contribution in [3.05, 3.63) is 33.8 Å². The van der Waals surface area contributed by atoms with Crippen LogP contribution in [0, 0.1) is 17.6 Å².